The molecule has 0 unspecified atom stereocenters. The number of rotatable bonds is 5. The predicted octanol–water partition coefficient (Wildman–Crippen LogP) is 2.14. The molecule has 4 rings (SSSR count). The zero-order chi connectivity index (χ0) is 24.5. The van der Waals surface area contributed by atoms with Crippen LogP contribution >= 0.6 is 0 Å². The zero-order valence-corrected chi connectivity index (χ0v) is 19.6. The maximum atomic E-state index is 13.5. The molecule has 2 N–H and O–H groups in total. The highest BCUT2D eigenvalue weighted by atomic mass is 32.2. The van der Waals surface area contributed by atoms with Crippen molar-refractivity contribution in [3.05, 3.63) is 53.8 Å². The Morgan fingerprint density at radius 1 is 1.21 bits per heavy atom. The van der Waals surface area contributed by atoms with Crippen LogP contribution in [-0.2, 0) is 19.6 Å². The van der Waals surface area contributed by atoms with Gasteiger partial charge in [0.15, 0.2) is 0 Å². The van der Waals surface area contributed by atoms with E-state index in [1.54, 1.807) is 19.0 Å². The molecule has 182 valence electrons. The van der Waals surface area contributed by atoms with Gasteiger partial charge in [-0.1, -0.05) is 6.07 Å². The maximum Gasteiger partial charge on any atom is 0.261 e. The molecule has 2 heterocycles. The van der Waals surface area contributed by atoms with Gasteiger partial charge in [-0.05, 0) is 49.2 Å². The fraction of sp³-hybridized carbons (Fsp3) is 0.391. The van der Waals surface area contributed by atoms with E-state index >= 15 is 0 Å². The number of carbonyl (C=O) groups excluding carboxylic acids is 2. The summed E-state index contributed by atoms with van der Waals surface area (Å²) in [6, 6.07) is 8.78. The van der Waals surface area contributed by atoms with E-state index in [1.807, 2.05) is 0 Å². The highest BCUT2D eigenvalue weighted by molar-refractivity contribution is 7.92. The third-order valence-electron chi connectivity index (χ3n) is 6.06. The normalized spacial score (nSPS) is 22.5. The summed E-state index contributed by atoms with van der Waals surface area (Å²) in [6.07, 6.45) is 0.831. The summed E-state index contributed by atoms with van der Waals surface area (Å²) in [5.74, 6) is -0.836. The molecule has 2 aliphatic rings. The lowest BCUT2D eigenvalue weighted by molar-refractivity contribution is -0.133. The van der Waals surface area contributed by atoms with Crippen LogP contribution in [0, 0.1) is 5.82 Å². The fourth-order valence-corrected chi connectivity index (χ4v) is 5.33. The van der Waals surface area contributed by atoms with Crippen molar-refractivity contribution in [1.29, 1.82) is 0 Å². The maximum absolute atomic E-state index is 13.5. The highest BCUT2D eigenvalue weighted by Gasteiger charge is 2.39. The Balaban J connectivity index is 1.55. The van der Waals surface area contributed by atoms with E-state index < -0.39 is 21.9 Å². The minimum absolute atomic E-state index is 0.113. The van der Waals surface area contributed by atoms with Crippen LogP contribution in [0.2, 0.25) is 0 Å². The highest BCUT2D eigenvalue weighted by Crippen LogP contribution is 2.33. The third kappa shape index (κ3) is 5.00. The number of nitrogens with one attached hydrogen (secondary N) is 2. The molecule has 0 radical (unpaired) electrons. The number of amides is 2. The molecule has 2 aromatic carbocycles. The second kappa shape index (κ2) is 9.59. The molecule has 3 atom stereocenters. The summed E-state index contributed by atoms with van der Waals surface area (Å²) in [6.45, 7) is 0.175. The van der Waals surface area contributed by atoms with Crippen LogP contribution in [0.1, 0.15) is 29.6 Å². The van der Waals surface area contributed by atoms with Crippen LogP contribution < -0.4 is 14.8 Å². The third-order valence-corrected chi connectivity index (χ3v) is 7.44. The van der Waals surface area contributed by atoms with E-state index in [0.717, 1.165) is 12.1 Å². The molecular formula is C23H26FN3O6S. The van der Waals surface area contributed by atoms with E-state index in [0.29, 0.717) is 18.6 Å². The molecule has 11 heteroatoms. The van der Waals surface area contributed by atoms with Crippen molar-refractivity contribution in [1.82, 2.24) is 10.2 Å². The SMILES string of the molecule is CNC(=O)C[C@@H]1CC[C@H]2[C@H](COc3ccc(NS(=O)(=O)c4cccc(F)c4)cc3C(=O)N2C)O1. The first kappa shape index (κ1) is 24.0. The summed E-state index contributed by atoms with van der Waals surface area (Å²) >= 11 is 0. The molecule has 34 heavy (non-hydrogen) atoms. The average Bonchev–Trinajstić information content (AvgIpc) is 2.81. The summed E-state index contributed by atoms with van der Waals surface area (Å²) in [5, 5.41) is 2.59. The van der Waals surface area contributed by atoms with Gasteiger partial charge in [0.05, 0.1) is 29.0 Å². The van der Waals surface area contributed by atoms with Crippen LogP contribution in [0.15, 0.2) is 47.4 Å². The molecule has 0 aromatic heterocycles. The Morgan fingerprint density at radius 2 is 2.00 bits per heavy atom. The van der Waals surface area contributed by atoms with Gasteiger partial charge in [0.25, 0.3) is 15.9 Å². The van der Waals surface area contributed by atoms with Gasteiger partial charge >= 0.3 is 0 Å². The van der Waals surface area contributed by atoms with Gasteiger partial charge in [-0.3, -0.25) is 14.3 Å². The molecule has 1 fully saturated rings. The van der Waals surface area contributed by atoms with Crippen LogP contribution in [0.4, 0.5) is 10.1 Å². The molecule has 2 aliphatic heterocycles. The molecule has 0 spiro atoms. The number of fused-ring (bicyclic) bond motifs is 2. The van der Waals surface area contributed by atoms with E-state index in [1.165, 1.54) is 30.3 Å². The van der Waals surface area contributed by atoms with Crippen molar-refractivity contribution in [2.24, 2.45) is 0 Å². The summed E-state index contributed by atoms with van der Waals surface area (Å²) in [7, 11) is -0.816. The largest absolute Gasteiger partial charge is 0.490 e. The Morgan fingerprint density at radius 3 is 2.74 bits per heavy atom. The van der Waals surface area contributed by atoms with Crippen molar-refractivity contribution in [3.63, 3.8) is 0 Å². The van der Waals surface area contributed by atoms with Crippen molar-refractivity contribution in [2.45, 2.75) is 42.4 Å². The monoisotopic (exact) mass is 491 g/mol. The van der Waals surface area contributed by atoms with Gasteiger partial charge in [0, 0.05) is 19.8 Å². The summed E-state index contributed by atoms with van der Waals surface area (Å²) < 4.78 is 53.2. The molecule has 2 amide bonds. The number of sulfonamides is 1. The van der Waals surface area contributed by atoms with E-state index in [2.05, 4.69) is 10.0 Å². The van der Waals surface area contributed by atoms with E-state index in [4.69, 9.17) is 9.47 Å². The van der Waals surface area contributed by atoms with Gasteiger partial charge in [-0.15, -0.1) is 0 Å². The molecule has 0 saturated carbocycles. The lowest BCUT2D eigenvalue weighted by Gasteiger charge is -2.42. The molecular weight excluding hydrogens is 465 g/mol. The standard InChI is InChI=1S/C23H26FN3O6S/c1-25-22(28)12-16-7-8-19-21(33-16)13-32-20-9-6-15(11-18(20)23(29)27(19)2)26-34(30,31)17-5-3-4-14(24)10-17/h3-6,9-11,16,19,21,26H,7-8,12-13H2,1-2H3,(H,25,28)/t16-,19-,21-/m0/s1. The number of hydrogen-bond acceptors (Lipinski definition) is 6. The number of hydrogen-bond donors (Lipinski definition) is 2. The summed E-state index contributed by atoms with van der Waals surface area (Å²) in [4.78, 5) is 26.4. The Labute approximate surface area is 197 Å². The van der Waals surface area contributed by atoms with Crippen LogP contribution in [0.3, 0.4) is 0 Å². The Bertz CT molecular complexity index is 1200. The molecule has 1 saturated heterocycles. The molecule has 9 nitrogen and oxygen atoms in total. The lowest BCUT2D eigenvalue weighted by Crippen LogP contribution is -2.53. The van der Waals surface area contributed by atoms with Crippen LogP contribution in [0.25, 0.3) is 0 Å². The van der Waals surface area contributed by atoms with Crippen molar-refractivity contribution < 1.29 is 31.9 Å². The van der Waals surface area contributed by atoms with Gasteiger partial charge in [0.1, 0.15) is 24.3 Å². The van der Waals surface area contributed by atoms with Gasteiger partial charge in [0.2, 0.25) is 5.91 Å². The Kier molecular flexibility index (Phi) is 6.76. The van der Waals surface area contributed by atoms with Gasteiger partial charge in [-0.25, -0.2) is 12.8 Å². The topological polar surface area (TPSA) is 114 Å². The second-order valence-corrected chi connectivity index (χ2v) is 10.0. The van der Waals surface area contributed by atoms with Crippen molar-refractivity contribution in [3.8, 4) is 5.75 Å². The summed E-state index contributed by atoms with van der Waals surface area (Å²) in [5.41, 5.74) is 0.351. The average molecular weight is 492 g/mol. The van der Waals surface area contributed by atoms with E-state index in [9.17, 15) is 22.4 Å². The Hall–Kier alpha value is -3.18. The van der Waals surface area contributed by atoms with E-state index in [-0.39, 0.29) is 53.1 Å². The quantitative estimate of drug-likeness (QED) is 0.663. The molecule has 2 aromatic rings. The first-order chi connectivity index (χ1) is 16.2. The van der Waals surface area contributed by atoms with Gasteiger partial charge in [-0.2, -0.15) is 0 Å². The van der Waals surface area contributed by atoms with Crippen LogP contribution in [-0.4, -0.2) is 64.1 Å². The minimum Gasteiger partial charge on any atom is -0.490 e. The minimum atomic E-state index is -4.06. The first-order valence-corrected chi connectivity index (χ1v) is 12.3. The van der Waals surface area contributed by atoms with Gasteiger partial charge < -0.3 is 19.7 Å². The predicted molar refractivity (Wildman–Crippen MR) is 122 cm³/mol. The second-order valence-electron chi connectivity index (χ2n) is 8.32. The lowest BCUT2D eigenvalue weighted by atomic mass is 9.94. The number of benzene rings is 2. The van der Waals surface area contributed by atoms with Crippen molar-refractivity contribution >= 4 is 27.5 Å². The van der Waals surface area contributed by atoms with Crippen molar-refractivity contribution in [2.75, 3.05) is 25.4 Å². The number of ether oxygens (including phenoxy) is 2. The number of halogens is 1. The first-order valence-electron chi connectivity index (χ1n) is 10.9. The molecule has 0 bridgehead atoms. The fourth-order valence-electron chi connectivity index (χ4n) is 4.25. The number of carbonyl (C=O) groups is 2. The molecule has 0 aliphatic carbocycles. The zero-order valence-electron chi connectivity index (χ0n) is 18.8. The number of nitrogens with zero attached hydrogens (tertiary/aromatic N) is 1. The number of anilines is 1. The van der Waals surface area contributed by atoms with Crippen LogP contribution in [0.5, 0.6) is 5.75 Å². The number of likely N-dealkylation sites (N-methyl/N-ethyl adjacent to an activating group) is 1. The smallest absolute Gasteiger partial charge is 0.261 e.